The lowest BCUT2D eigenvalue weighted by atomic mass is 9.83. The Hall–Kier alpha value is -3.72. The third kappa shape index (κ3) is 6.96. The molecule has 2 fully saturated rings. The summed E-state index contributed by atoms with van der Waals surface area (Å²) in [6, 6.07) is 2.75. The number of amidine groups is 1. The number of rotatable bonds is 5. The zero-order valence-corrected chi connectivity index (χ0v) is 24.6. The van der Waals surface area contributed by atoms with E-state index in [0.717, 1.165) is 25.7 Å². The predicted octanol–water partition coefficient (Wildman–Crippen LogP) is 5.35. The van der Waals surface area contributed by atoms with Gasteiger partial charge in [-0.25, -0.2) is 13.8 Å². The van der Waals surface area contributed by atoms with Gasteiger partial charge in [-0.2, -0.15) is 5.10 Å². The minimum Gasteiger partial charge on any atom is -0.494 e. The fraction of sp³-hybridized carbons (Fsp3) is 0.483. The van der Waals surface area contributed by atoms with Crippen molar-refractivity contribution in [2.75, 3.05) is 18.6 Å². The molecule has 2 aromatic heterocycles. The van der Waals surface area contributed by atoms with Gasteiger partial charge in [0.1, 0.15) is 17.3 Å². The molecule has 2 N–H and O–H groups in total. The molecule has 1 unspecified atom stereocenters. The second-order valence-electron chi connectivity index (χ2n) is 10.2. The van der Waals surface area contributed by atoms with Gasteiger partial charge in [0.15, 0.2) is 10.5 Å². The number of nitrogens with zero attached hydrogens (tertiary/aromatic N) is 4. The van der Waals surface area contributed by atoms with Gasteiger partial charge in [0.2, 0.25) is 5.91 Å². The van der Waals surface area contributed by atoms with E-state index in [9.17, 15) is 18.4 Å². The number of anilines is 1. The van der Waals surface area contributed by atoms with E-state index in [-0.39, 0.29) is 33.7 Å². The van der Waals surface area contributed by atoms with Gasteiger partial charge in [-0.1, -0.05) is 39.5 Å². The van der Waals surface area contributed by atoms with Crippen LogP contribution in [0, 0.1) is 23.2 Å². The summed E-state index contributed by atoms with van der Waals surface area (Å²) in [4.78, 5) is 36.4. The number of carbonyl (C=O) groups is 2. The number of aromatic nitrogens is 2. The van der Waals surface area contributed by atoms with Gasteiger partial charge in [-0.3, -0.25) is 30.2 Å². The van der Waals surface area contributed by atoms with Crippen LogP contribution in [0.2, 0.25) is 0 Å². The predicted molar refractivity (Wildman–Crippen MR) is 156 cm³/mol. The summed E-state index contributed by atoms with van der Waals surface area (Å²) in [6.45, 7) is 8.21. The number of halogens is 2. The highest BCUT2D eigenvalue weighted by Crippen LogP contribution is 2.38. The first kappa shape index (κ1) is 30.2. The van der Waals surface area contributed by atoms with Gasteiger partial charge in [0.25, 0.3) is 12.3 Å². The zero-order valence-electron chi connectivity index (χ0n) is 23.8. The number of hydrogen-bond donors (Lipinski definition) is 2. The summed E-state index contributed by atoms with van der Waals surface area (Å²) in [6.07, 6.45) is 3.43. The lowest BCUT2D eigenvalue weighted by Gasteiger charge is -2.36. The van der Waals surface area contributed by atoms with Gasteiger partial charge >= 0.3 is 0 Å². The van der Waals surface area contributed by atoms with Crippen molar-refractivity contribution >= 4 is 34.6 Å². The van der Waals surface area contributed by atoms with E-state index in [1.165, 1.54) is 37.3 Å². The van der Waals surface area contributed by atoms with E-state index in [2.05, 4.69) is 37.7 Å². The van der Waals surface area contributed by atoms with Crippen LogP contribution in [-0.4, -0.2) is 46.0 Å². The van der Waals surface area contributed by atoms with Crippen molar-refractivity contribution in [3.63, 3.8) is 0 Å². The second-order valence-corrected chi connectivity index (χ2v) is 11.3. The van der Waals surface area contributed by atoms with Crippen LogP contribution in [0.3, 0.4) is 0 Å². The van der Waals surface area contributed by atoms with Crippen LogP contribution in [0.1, 0.15) is 75.9 Å². The van der Waals surface area contributed by atoms with E-state index in [1.807, 2.05) is 27.7 Å². The largest absolute Gasteiger partial charge is 0.494 e. The molecule has 2 aromatic rings. The first-order valence-corrected chi connectivity index (χ1v) is 14.5. The van der Waals surface area contributed by atoms with Gasteiger partial charge < -0.3 is 4.74 Å². The van der Waals surface area contributed by atoms with Crippen molar-refractivity contribution in [3.05, 3.63) is 35.8 Å². The molecule has 1 saturated heterocycles. The number of amides is 2. The molecular weight excluding hydrogens is 550 g/mol. The topological polar surface area (TPSA) is 109 Å². The van der Waals surface area contributed by atoms with Crippen LogP contribution in [0.4, 0.5) is 14.6 Å². The van der Waals surface area contributed by atoms with E-state index < -0.39 is 23.4 Å². The molecule has 0 bridgehead atoms. The third-order valence-corrected chi connectivity index (χ3v) is 7.65. The molecule has 3 aliphatic rings. The molecular formula is C29H34F2N6O3S. The first-order chi connectivity index (χ1) is 19.7. The molecule has 1 aliphatic carbocycles. The minimum absolute atomic E-state index is 0.0968. The number of thioether (sulfide) groups is 1. The molecule has 2 aliphatic heterocycles. The molecule has 4 heterocycles. The summed E-state index contributed by atoms with van der Waals surface area (Å²) in [7, 11) is 1.39. The van der Waals surface area contributed by atoms with Crippen molar-refractivity contribution in [1.82, 2.24) is 20.7 Å². The molecule has 41 heavy (non-hydrogen) atoms. The average molecular weight is 585 g/mol. The molecule has 9 nitrogen and oxygen atoms in total. The van der Waals surface area contributed by atoms with E-state index in [1.54, 1.807) is 11.0 Å². The summed E-state index contributed by atoms with van der Waals surface area (Å²) >= 11 is 1.27. The Labute approximate surface area is 242 Å². The lowest BCUT2D eigenvalue weighted by Crippen LogP contribution is -2.46. The molecule has 12 heteroatoms. The fourth-order valence-corrected chi connectivity index (χ4v) is 5.12. The normalized spacial score (nSPS) is 19.3. The number of ether oxygens (including phenoxy) is 1. The quantitative estimate of drug-likeness (QED) is 0.457. The number of hydrazone groups is 1. The lowest BCUT2D eigenvalue weighted by molar-refractivity contribution is -0.128. The molecule has 1 atom stereocenters. The second kappa shape index (κ2) is 12.9. The summed E-state index contributed by atoms with van der Waals surface area (Å²) in [5.41, 5.74) is 2.45. The molecule has 0 spiro atoms. The highest BCUT2D eigenvalue weighted by molar-refractivity contribution is 8.14. The van der Waals surface area contributed by atoms with Crippen molar-refractivity contribution in [1.29, 1.82) is 0 Å². The van der Waals surface area contributed by atoms with E-state index >= 15 is 0 Å². The summed E-state index contributed by atoms with van der Waals surface area (Å²) < 4.78 is 32.6. The van der Waals surface area contributed by atoms with Gasteiger partial charge in [0.05, 0.1) is 18.9 Å². The van der Waals surface area contributed by atoms with Crippen molar-refractivity contribution in [2.45, 2.75) is 65.2 Å². The Morgan fingerprint density at radius 2 is 1.95 bits per heavy atom. The van der Waals surface area contributed by atoms with Crippen molar-refractivity contribution < 1.29 is 23.1 Å². The fourth-order valence-electron chi connectivity index (χ4n) is 4.41. The number of nitrogens with one attached hydrogen (secondary N) is 2. The Morgan fingerprint density at radius 3 is 2.63 bits per heavy atom. The third-order valence-electron chi connectivity index (χ3n) is 6.77. The summed E-state index contributed by atoms with van der Waals surface area (Å²) in [5, 5.41) is 6.96. The molecule has 5 rings (SSSR count). The number of pyridine rings is 2. The van der Waals surface area contributed by atoms with E-state index in [4.69, 9.17) is 4.74 Å². The number of methoxy groups -OCH3 is 1. The molecule has 218 valence electrons. The monoisotopic (exact) mass is 584 g/mol. The van der Waals surface area contributed by atoms with Crippen LogP contribution in [0.15, 0.2) is 29.6 Å². The zero-order chi connectivity index (χ0) is 29.7. The van der Waals surface area contributed by atoms with Crippen molar-refractivity contribution in [3.8, 4) is 28.7 Å². The SMILES string of the molecule is CC.COc1cnc(C(F)F)cc1-c1cc(N2CCCC(C)(C)C2=O)ncc1C(=O)NC1=NNC(C#CC2CC2)S1. The van der Waals surface area contributed by atoms with Crippen LogP contribution < -0.4 is 20.4 Å². The Morgan fingerprint density at radius 1 is 1.20 bits per heavy atom. The van der Waals surface area contributed by atoms with Crippen LogP contribution in [-0.2, 0) is 4.79 Å². The van der Waals surface area contributed by atoms with Gasteiger partial charge in [0, 0.05) is 35.2 Å². The average Bonchev–Trinajstić information content (AvgIpc) is 3.70. The minimum atomic E-state index is -2.83. The molecule has 1 saturated carbocycles. The first-order valence-electron chi connectivity index (χ1n) is 13.6. The maximum absolute atomic E-state index is 13.6. The molecule has 0 aromatic carbocycles. The number of carbonyl (C=O) groups excluding carboxylic acids is 2. The molecule has 2 amide bonds. The maximum Gasteiger partial charge on any atom is 0.280 e. The maximum atomic E-state index is 13.6. The smallest absolute Gasteiger partial charge is 0.280 e. The van der Waals surface area contributed by atoms with Crippen molar-refractivity contribution in [2.24, 2.45) is 16.4 Å². The van der Waals surface area contributed by atoms with E-state index in [0.29, 0.717) is 23.4 Å². The summed E-state index contributed by atoms with van der Waals surface area (Å²) in [5.74, 6) is 6.58. The highest BCUT2D eigenvalue weighted by atomic mass is 32.2. The van der Waals surface area contributed by atoms with Gasteiger partial charge in [-0.15, -0.1) is 0 Å². The van der Waals surface area contributed by atoms with Crippen LogP contribution in [0.25, 0.3) is 11.1 Å². The number of piperidine rings is 1. The van der Waals surface area contributed by atoms with Crippen LogP contribution >= 0.6 is 11.8 Å². The van der Waals surface area contributed by atoms with Gasteiger partial charge in [-0.05, 0) is 49.6 Å². The number of hydrogen-bond acceptors (Lipinski definition) is 8. The Bertz CT molecular complexity index is 1400. The Balaban J connectivity index is 0.00000189. The van der Waals surface area contributed by atoms with Crippen LogP contribution in [0.5, 0.6) is 5.75 Å². The highest BCUT2D eigenvalue weighted by Gasteiger charge is 2.37. The molecule has 0 radical (unpaired) electrons. The Kier molecular flexibility index (Phi) is 9.48. The standard InChI is InChI=1S/C27H28F2N6O3S.C2H6/c1-27(2)9-4-10-35(25(27)37)21-12-16(17-11-19(23(28)29)30-14-20(17)38-3)18(13-31-21)24(36)32-26-34-33-22(39-26)8-7-15-5-6-15;1-2/h11-15,22-23,33H,4-6,9-10H2,1-3H3,(H,32,34,36);1-2H3. The number of alkyl halides is 2.